The summed E-state index contributed by atoms with van der Waals surface area (Å²) in [6.07, 6.45) is 0. The maximum atomic E-state index is 9.85. The Morgan fingerprint density at radius 1 is 1.60 bits per heavy atom. The Hall–Kier alpha value is -1.79. The number of nitrogens with zero attached hydrogens (tertiary/aromatic N) is 2. The van der Waals surface area contributed by atoms with Crippen LogP contribution >= 0.6 is 0 Å². The number of rotatable bonds is 1. The minimum atomic E-state index is -1.07. The zero-order valence-electron chi connectivity index (χ0n) is 4.89. The molecule has 0 aromatic rings. The molecule has 0 fully saturated rings. The van der Waals surface area contributed by atoms with Crippen LogP contribution in [0.5, 0.6) is 0 Å². The van der Waals surface area contributed by atoms with E-state index in [2.05, 4.69) is 6.58 Å². The number of nitrogens with two attached hydrogens (primary N) is 1. The van der Waals surface area contributed by atoms with E-state index in [9.17, 15) is 10.1 Å². The Labute approximate surface area is 55.4 Å². The number of nitro groups is 1. The van der Waals surface area contributed by atoms with Gasteiger partial charge < -0.3 is 5.73 Å². The zero-order valence-corrected chi connectivity index (χ0v) is 4.89. The number of amidine groups is 1. The summed E-state index contributed by atoms with van der Waals surface area (Å²) in [5.41, 5.74) is 4.27. The number of hydrogen-bond donors (Lipinski definition) is 3. The highest BCUT2D eigenvalue weighted by Gasteiger charge is 2.31. The predicted molar refractivity (Wildman–Crippen MR) is 29.2 cm³/mol. The fraction of sp³-hybridized carbons (Fsp3) is 0. The van der Waals surface area contributed by atoms with E-state index in [1.54, 1.807) is 0 Å². The summed E-state index contributed by atoms with van der Waals surface area (Å²) in [5, 5.41) is 26.1. The van der Waals surface area contributed by atoms with E-state index in [0.29, 0.717) is 0 Å². The molecule has 0 rings (SSSR count). The molecular weight excluding hydrogens is 142 g/mol. The molecule has 7 nitrogen and oxygen atoms in total. The predicted octanol–water partition coefficient (Wildman–Crippen LogP) is -1.08. The van der Waals surface area contributed by atoms with Crippen molar-refractivity contribution in [1.82, 2.24) is 0 Å². The monoisotopic (exact) mass is 148 g/mol. The quantitative estimate of drug-likeness (QED) is 0.144. The molecule has 0 atom stereocenters. The lowest BCUT2D eigenvalue weighted by Gasteiger charge is -1.84. The summed E-state index contributed by atoms with van der Waals surface area (Å²) in [7, 11) is 0. The lowest BCUT2D eigenvalue weighted by Crippen LogP contribution is -2.28. The Morgan fingerprint density at radius 3 is 2.00 bits per heavy atom. The third-order valence-electron chi connectivity index (χ3n) is 0.650. The molecule has 0 saturated carbocycles. The van der Waals surface area contributed by atoms with Crippen molar-refractivity contribution in [3.05, 3.63) is 22.4 Å². The standard InChI is InChI=1S/C3H6N3O4/c1-2(4)3(5(7)8)6(9)10/h7-8H,1,4H2/q+1. The van der Waals surface area contributed by atoms with E-state index in [1.165, 1.54) is 0 Å². The first-order chi connectivity index (χ1) is 4.46. The van der Waals surface area contributed by atoms with Crippen molar-refractivity contribution in [2.24, 2.45) is 5.73 Å². The average Bonchev–Trinajstić information content (AvgIpc) is 1.59. The van der Waals surface area contributed by atoms with Gasteiger partial charge in [0, 0.05) is 0 Å². The second kappa shape index (κ2) is 2.67. The SMILES string of the molecule is C=C(N)C([N+](=O)[O-])=[N+](O)O. The minimum Gasteiger partial charge on any atom is -0.388 e. The third-order valence-corrected chi connectivity index (χ3v) is 0.650. The Balaban J connectivity index is 4.79. The molecule has 0 radical (unpaired) electrons. The smallest absolute Gasteiger partial charge is 0.388 e. The topological polar surface area (TPSA) is 113 Å². The van der Waals surface area contributed by atoms with Gasteiger partial charge in [0.25, 0.3) is 4.90 Å². The molecular formula is C3H6N3O4+. The summed E-state index contributed by atoms with van der Waals surface area (Å²) in [6.45, 7) is 2.94. The van der Waals surface area contributed by atoms with Crippen molar-refractivity contribution in [3.63, 3.8) is 0 Å². The summed E-state index contributed by atoms with van der Waals surface area (Å²) < 4.78 is 0. The maximum Gasteiger partial charge on any atom is 0.617 e. The highest BCUT2D eigenvalue weighted by Crippen LogP contribution is 1.84. The van der Waals surface area contributed by atoms with Crippen LogP contribution in [-0.4, -0.2) is 26.1 Å². The molecule has 0 unspecified atom stereocenters. The van der Waals surface area contributed by atoms with Crippen LogP contribution in [0, 0.1) is 10.1 Å². The molecule has 0 bridgehead atoms. The second-order valence-electron chi connectivity index (χ2n) is 1.40. The first-order valence-electron chi connectivity index (χ1n) is 2.10. The van der Waals surface area contributed by atoms with E-state index >= 15 is 0 Å². The third kappa shape index (κ3) is 1.62. The van der Waals surface area contributed by atoms with Gasteiger partial charge >= 0.3 is 5.84 Å². The van der Waals surface area contributed by atoms with Crippen molar-refractivity contribution in [1.29, 1.82) is 0 Å². The van der Waals surface area contributed by atoms with Crippen LogP contribution in [0.15, 0.2) is 12.3 Å². The van der Waals surface area contributed by atoms with E-state index in [1.807, 2.05) is 0 Å². The van der Waals surface area contributed by atoms with E-state index in [-0.39, 0.29) is 0 Å². The van der Waals surface area contributed by atoms with Gasteiger partial charge in [-0.1, -0.05) is 6.58 Å². The summed E-state index contributed by atoms with van der Waals surface area (Å²) in [4.78, 5) is 8.09. The zero-order chi connectivity index (χ0) is 8.31. The molecule has 0 aliphatic carbocycles. The molecule has 0 spiro atoms. The molecule has 0 amide bonds. The van der Waals surface area contributed by atoms with Gasteiger partial charge in [-0.3, -0.25) is 10.1 Å². The van der Waals surface area contributed by atoms with Crippen LogP contribution in [0.3, 0.4) is 0 Å². The van der Waals surface area contributed by atoms with E-state index in [4.69, 9.17) is 16.1 Å². The van der Waals surface area contributed by atoms with Gasteiger partial charge in [0.15, 0.2) is 5.70 Å². The first-order valence-corrected chi connectivity index (χ1v) is 2.10. The molecule has 0 saturated heterocycles. The average molecular weight is 148 g/mol. The summed E-state index contributed by atoms with van der Waals surface area (Å²) >= 11 is 0. The molecule has 10 heavy (non-hydrogen) atoms. The Kier molecular flexibility index (Phi) is 2.19. The van der Waals surface area contributed by atoms with Crippen molar-refractivity contribution >= 4 is 5.84 Å². The van der Waals surface area contributed by atoms with Gasteiger partial charge in [-0.2, -0.15) is 0 Å². The fourth-order valence-corrected chi connectivity index (χ4v) is 0.319. The Bertz CT molecular complexity index is 188. The van der Waals surface area contributed by atoms with Crippen LogP contribution in [0.1, 0.15) is 0 Å². The van der Waals surface area contributed by atoms with Gasteiger partial charge in [0.05, 0.1) is 0 Å². The van der Waals surface area contributed by atoms with Crippen molar-refractivity contribution in [2.75, 3.05) is 0 Å². The minimum absolute atomic E-state index is 0.532. The second-order valence-corrected chi connectivity index (χ2v) is 1.40. The molecule has 0 heterocycles. The lowest BCUT2D eigenvalue weighted by atomic mass is 10.5. The molecule has 4 N–H and O–H groups in total. The lowest BCUT2D eigenvalue weighted by molar-refractivity contribution is -0.965. The molecule has 56 valence electrons. The molecule has 7 heteroatoms. The maximum absolute atomic E-state index is 9.85. The molecule has 0 aliphatic rings. The van der Waals surface area contributed by atoms with Crippen LogP contribution in [-0.2, 0) is 0 Å². The van der Waals surface area contributed by atoms with Crippen LogP contribution in [0.2, 0.25) is 0 Å². The van der Waals surface area contributed by atoms with E-state index in [0.717, 1.165) is 0 Å². The summed E-state index contributed by atoms with van der Waals surface area (Å²) in [5.74, 6) is -1.06. The molecule has 0 aromatic carbocycles. The highest BCUT2D eigenvalue weighted by molar-refractivity contribution is 5.85. The van der Waals surface area contributed by atoms with Crippen LogP contribution in [0.4, 0.5) is 0 Å². The van der Waals surface area contributed by atoms with Gasteiger partial charge in [-0.15, -0.1) is 0 Å². The molecule has 0 aromatic heterocycles. The normalized spacial score (nSPS) is 8.40. The van der Waals surface area contributed by atoms with Crippen LogP contribution < -0.4 is 5.73 Å². The first kappa shape index (κ1) is 8.21. The summed E-state index contributed by atoms with van der Waals surface area (Å²) in [6, 6.07) is 0. The number of hydrogen-bond acceptors (Lipinski definition) is 5. The van der Waals surface area contributed by atoms with Crippen molar-refractivity contribution in [2.45, 2.75) is 0 Å². The van der Waals surface area contributed by atoms with Crippen molar-refractivity contribution in [3.8, 4) is 0 Å². The van der Waals surface area contributed by atoms with Gasteiger partial charge in [-0.05, 0) is 0 Å². The largest absolute Gasteiger partial charge is 0.617 e. The van der Waals surface area contributed by atoms with Gasteiger partial charge in [-0.25, -0.2) is 10.4 Å². The highest BCUT2D eigenvalue weighted by atomic mass is 16.8. The molecule has 0 aliphatic heterocycles. The van der Waals surface area contributed by atoms with Gasteiger partial charge in [0.1, 0.15) is 4.92 Å². The fourth-order valence-electron chi connectivity index (χ4n) is 0.319. The van der Waals surface area contributed by atoms with Crippen molar-refractivity contribution < 1.29 is 20.2 Å². The Morgan fingerprint density at radius 2 is 2.00 bits per heavy atom. The van der Waals surface area contributed by atoms with Crippen LogP contribution in [0.25, 0.3) is 0 Å². The van der Waals surface area contributed by atoms with E-state index < -0.39 is 21.4 Å². The van der Waals surface area contributed by atoms with Gasteiger partial charge in [0.2, 0.25) is 0 Å².